The Bertz CT molecular complexity index is 644. The van der Waals surface area contributed by atoms with Gasteiger partial charge in [0.2, 0.25) is 0 Å². The number of likely N-dealkylation sites (N-methyl/N-ethyl adjacent to an activating group) is 1. The number of rotatable bonds is 8. The summed E-state index contributed by atoms with van der Waals surface area (Å²) in [6, 6.07) is -1.24. The van der Waals surface area contributed by atoms with Crippen LogP contribution in [0.25, 0.3) is 0 Å². The van der Waals surface area contributed by atoms with E-state index in [1.165, 1.54) is 4.90 Å². The van der Waals surface area contributed by atoms with Crippen LogP contribution in [0, 0.1) is 0 Å². The molecule has 13 nitrogen and oxygen atoms in total. The molecule has 5 N–H and O–H groups in total. The largest absolute Gasteiger partial charge is 0.481 e. The molecule has 1 unspecified atom stereocenters. The number of carbonyl (C=O) groups is 3. The van der Waals surface area contributed by atoms with E-state index in [2.05, 4.69) is 0 Å². The van der Waals surface area contributed by atoms with Crippen molar-refractivity contribution in [3.63, 3.8) is 0 Å². The minimum Gasteiger partial charge on any atom is -0.481 e. The third-order valence-corrected chi connectivity index (χ3v) is 5.61. The molecule has 0 saturated carbocycles. The molecule has 0 bridgehead atoms. The van der Waals surface area contributed by atoms with Gasteiger partial charge in [0.25, 0.3) is 0 Å². The van der Waals surface area contributed by atoms with Crippen LogP contribution in [0.5, 0.6) is 0 Å². The van der Waals surface area contributed by atoms with Crippen LogP contribution in [-0.2, 0) is 18.9 Å². The zero-order valence-corrected chi connectivity index (χ0v) is 17.9. The SMILES string of the molecule is CN1CCN(CP(=O)(O)O)CCN(CC(=O)O)CCN(C(CC(=O)O)C(=O)O)CC1. The fourth-order valence-electron chi connectivity index (χ4n) is 3.21. The van der Waals surface area contributed by atoms with Gasteiger partial charge in [-0.2, -0.15) is 0 Å². The molecule has 174 valence electrons. The smallest absolute Gasteiger partial charge is 0.339 e. The highest BCUT2D eigenvalue weighted by Gasteiger charge is 2.29. The first kappa shape index (κ1) is 26.4. The molecule has 0 radical (unpaired) electrons. The highest BCUT2D eigenvalue weighted by Crippen LogP contribution is 2.34. The van der Waals surface area contributed by atoms with Gasteiger partial charge in [-0.3, -0.25) is 33.6 Å². The maximum atomic E-state index is 11.6. The van der Waals surface area contributed by atoms with Crippen LogP contribution in [0.4, 0.5) is 0 Å². The minimum absolute atomic E-state index is 0.143. The molecule has 0 aromatic heterocycles. The fourth-order valence-corrected chi connectivity index (χ4v) is 4.02. The first-order valence-electron chi connectivity index (χ1n) is 9.45. The molecule has 0 aliphatic carbocycles. The maximum Gasteiger partial charge on any atom is 0.339 e. The monoisotopic (exact) mass is 454 g/mol. The summed E-state index contributed by atoms with van der Waals surface area (Å²) in [5.74, 6) is -3.59. The summed E-state index contributed by atoms with van der Waals surface area (Å²) in [6.45, 7) is 1.86. The minimum atomic E-state index is -4.28. The average molecular weight is 454 g/mol. The first-order valence-corrected chi connectivity index (χ1v) is 11.3. The number of nitrogens with zero attached hydrogens (tertiary/aromatic N) is 4. The zero-order valence-electron chi connectivity index (χ0n) is 17.0. The van der Waals surface area contributed by atoms with E-state index in [4.69, 9.17) is 10.2 Å². The Kier molecular flexibility index (Phi) is 10.8. The van der Waals surface area contributed by atoms with Crippen LogP contribution in [0.1, 0.15) is 6.42 Å². The average Bonchev–Trinajstić information content (AvgIpc) is 2.59. The van der Waals surface area contributed by atoms with E-state index in [9.17, 15) is 33.8 Å². The van der Waals surface area contributed by atoms with Crippen molar-refractivity contribution in [2.75, 3.05) is 72.2 Å². The molecular formula is C16H31N4O9P. The molecule has 0 aromatic rings. The fraction of sp³-hybridized carbons (Fsp3) is 0.812. The Morgan fingerprint density at radius 2 is 1.33 bits per heavy atom. The van der Waals surface area contributed by atoms with Crippen LogP contribution in [0.2, 0.25) is 0 Å². The molecule has 1 fully saturated rings. The van der Waals surface area contributed by atoms with Crippen molar-refractivity contribution in [3.05, 3.63) is 0 Å². The summed E-state index contributed by atoms with van der Waals surface area (Å²) in [5, 5.41) is 27.7. The quantitative estimate of drug-likeness (QED) is 0.254. The molecule has 14 heteroatoms. The Morgan fingerprint density at radius 3 is 1.87 bits per heavy atom. The Balaban J connectivity index is 3.00. The molecule has 1 saturated heterocycles. The predicted octanol–water partition coefficient (Wildman–Crippen LogP) is -2.01. The molecule has 1 aliphatic heterocycles. The van der Waals surface area contributed by atoms with Crippen molar-refractivity contribution in [1.29, 1.82) is 0 Å². The normalized spacial score (nSPS) is 20.8. The molecule has 1 aliphatic rings. The highest BCUT2D eigenvalue weighted by atomic mass is 31.2. The van der Waals surface area contributed by atoms with Gasteiger partial charge in [0.1, 0.15) is 12.3 Å². The number of aliphatic carboxylic acids is 3. The zero-order chi connectivity index (χ0) is 22.9. The van der Waals surface area contributed by atoms with E-state index in [0.717, 1.165) is 0 Å². The van der Waals surface area contributed by atoms with E-state index < -0.39 is 44.3 Å². The maximum absolute atomic E-state index is 11.6. The van der Waals surface area contributed by atoms with Gasteiger partial charge in [-0.25, -0.2) is 0 Å². The molecule has 0 spiro atoms. The predicted molar refractivity (Wildman–Crippen MR) is 105 cm³/mol. The number of hydrogen-bond acceptors (Lipinski definition) is 8. The molecule has 30 heavy (non-hydrogen) atoms. The van der Waals surface area contributed by atoms with Crippen LogP contribution < -0.4 is 0 Å². The van der Waals surface area contributed by atoms with Crippen molar-refractivity contribution < 1.29 is 44.1 Å². The van der Waals surface area contributed by atoms with E-state index >= 15 is 0 Å². The Morgan fingerprint density at radius 1 is 0.833 bits per heavy atom. The standard InChI is InChI=1S/C16H31N4O9P/c1-17-2-4-19(12-30(27,28)29)6-5-18(11-15(23)24)7-9-20(8-3-17)13(16(25)26)10-14(21)22/h13H,2-12H2,1H3,(H,21,22)(H,23,24)(H,25,26)(H2,27,28,29). The van der Waals surface area contributed by atoms with Gasteiger partial charge in [0, 0.05) is 52.4 Å². The Labute approximate surface area is 174 Å². The summed E-state index contributed by atoms with van der Waals surface area (Å²) in [5.41, 5.74) is 0. The van der Waals surface area contributed by atoms with Crippen molar-refractivity contribution in [2.24, 2.45) is 0 Å². The van der Waals surface area contributed by atoms with E-state index in [1.807, 2.05) is 4.90 Å². The van der Waals surface area contributed by atoms with Gasteiger partial charge in [-0.05, 0) is 7.05 Å². The second-order valence-electron chi connectivity index (χ2n) is 7.39. The first-order chi connectivity index (χ1) is 13.9. The summed E-state index contributed by atoms with van der Waals surface area (Å²) < 4.78 is 11.4. The second-order valence-corrected chi connectivity index (χ2v) is 9.00. The van der Waals surface area contributed by atoms with E-state index in [0.29, 0.717) is 19.6 Å². The second kappa shape index (κ2) is 12.3. The van der Waals surface area contributed by atoms with Crippen molar-refractivity contribution in [2.45, 2.75) is 12.5 Å². The lowest BCUT2D eigenvalue weighted by Gasteiger charge is -2.34. The van der Waals surface area contributed by atoms with Crippen molar-refractivity contribution in [1.82, 2.24) is 19.6 Å². The highest BCUT2D eigenvalue weighted by molar-refractivity contribution is 7.51. The van der Waals surface area contributed by atoms with Gasteiger partial charge < -0.3 is 30.0 Å². The lowest BCUT2D eigenvalue weighted by Crippen LogP contribution is -2.51. The van der Waals surface area contributed by atoms with Gasteiger partial charge in [0.15, 0.2) is 0 Å². The number of hydrogen-bond donors (Lipinski definition) is 5. The van der Waals surface area contributed by atoms with Gasteiger partial charge in [-0.1, -0.05) is 0 Å². The summed E-state index contributed by atoms with van der Waals surface area (Å²) in [6.07, 6.45) is -1.01. The topological polar surface area (TPSA) is 182 Å². The third-order valence-electron chi connectivity index (χ3n) is 4.84. The van der Waals surface area contributed by atoms with Crippen LogP contribution in [0.3, 0.4) is 0 Å². The molecule has 0 aromatic carbocycles. The molecule has 1 atom stereocenters. The Hall–Kier alpha value is -1.60. The van der Waals surface area contributed by atoms with Gasteiger partial charge >= 0.3 is 25.5 Å². The van der Waals surface area contributed by atoms with E-state index in [1.54, 1.807) is 16.8 Å². The van der Waals surface area contributed by atoms with Crippen LogP contribution in [0.15, 0.2) is 0 Å². The third kappa shape index (κ3) is 11.0. The molecular weight excluding hydrogens is 423 g/mol. The lowest BCUT2D eigenvalue weighted by atomic mass is 10.1. The van der Waals surface area contributed by atoms with Gasteiger partial charge in [-0.15, -0.1) is 0 Å². The summed E-state index contributed by atoms with van der Waals surface area (Å²) in [4.78, 5) is 59.0. The lowest BCUT2D eigenvalue weighted by molar-refractivity contribution is -0.150. The van der Waals surface area contributed by atoms with Crippen molar-refractivity contribution >= 4 is 25.5 Å². The van der Waals surface area contributed by atoms with Crippen molar-refractivity contribution in [3.8, 4) is 0 Å². The van der Waals surface area contributed by atoms with Crippen LogP contribution >= 0.6 is 7.60 Å². The number of carboxylic acid groups (broad SMARTS) is 3. The molecule has 0 amide bonds. The molecule has 1 heterocycles. The summed E-state index contributed by atoms with van der Waals surface area (Å²) >= 11 is 0. The van der Waals surface area contributed by atoms with E-state index in [-0.39, 0.29) is 39.3 Å². The van der Waals surface area contributed by atoms with Gasteiger partial charge in [0.05, 0.1) is 13.0 Å². The number of carboxylic acids is 3. The summed E-state index contributed by atoms with van der Waals surface area (Å²) in [7, 11) is -2.50. The van der Waals surface area contributed by atoms with Crippen LogP contribution in [-0.4, -0.2) is 141 Å². The molecule has 1 rings (SSSR count).